The fourth-order valence-corrected chi connectivity index (χ4v) is 4.94. The van der Waals surface area contributed by atoms with Gasteiger partial charge in [-0.25, -0.2) is 0 Å². The molecule has 0 radical (unpaired) electrons. The number of nitrogens with zero attached hydrogens (tertiary/aromatic N) is 4. The molecule has 1 atom stereocenters. The van der Waals surface area contributed by atoms with Crippen LogP contribution in [0.2, 0.25) is 0 Å². The Hall–Kier alpha value is -4.14. The number of ether oxygens (including phenoxy) is 3. The van der Waals surface area contributed by atoms with Crippen molar-refractivity contribution in [3.8, 4) is 34.3 Å². The molecular weight excluding hydrogens is 487 g/mol. The quantitative estimate of drug-likeness (QED) is 0.305. The van der Waals surface area contributed by atoms with Gasteiger partial charge in [0.1, 0.15) is 17.0 Å². The number of benzene rings is 2. The van der Waals surface area contributed by atoms with E-state index in [2.05, 4.69) is 4.98 Å². The Bertz CT molecular complexity index is 1450. The lowest BCUT2D eigenvalue weighted by Gasteiger charge is -2.34. The molecule has 8 nitrogen and oxygen atoms in total. The monoisotopic (exact) mass is 518 g/mol. The van der Waals surface area contributed by atoms with Crippen LogP contribution in [-0.2, 0) is 4.79 Å². The van der Waals surface area contributed by atoms with Crippen LogP contribution in [0.15, 0.2) is 54.9 Å². The normalized spacial score (nSPS) is 15.6. The summed E-state index contributed by atoms with van der Waals surface area (Å²) in [4.78, 5) is 19.0. The van der Waals surface area contributed by atoms with Gasteiger partial charge in [-0.05, 0) is 49.2 Å². The number of aromatic nitrogens is 3. The van der Waals surface area contributed by atoms with Crippen LogP contribution in [0.5, 0.6) is 23.0 Å². The number of hydrogen-bond acceptors (Lipinski definition) is 6. The molecule has 1 amide bonds. The number of methoxy groups -OCH3 is 2. The molecule has 2 aromatic carbocycles. The van der Waals surface area contributed by atoms with Crippen LogP contribution in [0, 0.1) is 11.7 Å². The molecule has 0 bridgehead atoms. The molecule has 198 valence electrons. The third-order valence-corrected chi connectivity index (χ3v) is 6.85. The van der Waals surface area contributed by atoms with Gasteiger partial charge in [-0.15, -0.1) is 0 Å². The zero-order valence-corrected chi connectivity index (χ0v) is 22.0. The first-order chi connectivity index (χ1) is 18.4. The lowest BCUT2D eigenvalue weighted by molar-refractivity contribution is -0.136. The second kappa shape index (κ2) is 10.7. The summed E-state index contributed by atoms with van der Waals surface area (Å²) in [7, 11) is 3.03. The van der Waals surface area contributed by atoms with Crippen LogP contribution in [-0.4, -0.2) is 52.9 Å². The Kier molecular flexibility index (Phi) is 7.18. The zero-order valence-electron chi connectivity index (χ0n) is 22.0. The van der Waals surface area contributed by atoms with E-state index in [0.717, 1.165) is 41.5 Å². The summed E-state index contributed by atoms with van der Waals surface area (Å²) >= 11 is 0. The van der Waals surface area contributed by atoms with Crippen molar-refractivity contribution in [3.63, 3.8) is 0 Å². The maximum atomic E-state index is 14.5. The molecule has 1 unspecified atom stereocenters. The number of piperidine rings is 1. The molecule has 1 saturated heterocycles. The summed E-state index contributed by atoms with van der Waals surface area (Å²) < 4.78 is 33.0. The topological polar surface area (TPSA) is 78.7 Å². The maximum Gasteiger partial charge on any atom is 0.225 e. The van der Waals surface area contributed by atoms with Crippen molar-refractivity contribution in [2.75, 3.05) is 27.3 Å². The highest BCUT2D eigenvalue weighted by molar-refractivity contribution is 5.96. The van der Waals surface area contributed by atoms with Crippen LogP contribution in [0.1, 0.15) is 32.7 Å². The van der Waals surface area contributed by atoms with Crippen molar-refractivity contribution in [3.05, 3.63) is 60.7 Å². The first-order valence-electron chi connectivity index (χ1n) is 12.7. The van der Waals surface area contributed by atoms with Gasteiger partial charge in [-0.1, -0.05) is 19.9 Å². The smallest absolute Gasteiger partial charge is 0.225 e. The van der Waals surface area contributed by atoms with E-state index in [1.54, 1.807) is 49.8 Å². The number of rotatable bonds is 7. The van der Waals surface area contributed by atoms with E-state index < -0.39 is 5.82 Å². The van der Waals surface area contributed by atoms with Gasteiger partial charge in [-0.3, -0.25) is 14.5 Å². The lowest BCUT2D eigenvalue weighted by atomic mass is 10.0. The maximum absolute atomic E-state index is 14.5. The highest BCUT2D eigenvalue weighted by atomic mass is 19.1. The summed E-state index contributed by atoms with van der Waals surface area (Å²) in [5.74, 6) is 0.858. The molecular formula is C29H31FN4O4. The van der Waals surface area contributed by atoms with Crippen LogP contribution in [0.4, 0.5) is 4.39 Å². The van der Waals surface area contributed by atoms with Crippen molar-refractivity contribution in [1.29, 1.82) is 0 Å². The van der Waals surface area contributed by atoms with Gasteiger partial charge in [0, 0.05) is 30.8 Å². The summed E-state index contributed by atoms with van der Waals surface area (Å²) in [5.41, 5.74) is 2.45. The lowest BCUT2D eigenvalue weighted by Crippen LogP contribution is -2.42. The predicted molar refractivity (Wildman–Crippen MR) is 142 cm³/mol. The van der Waals surface area contributed by atoms with Crippen molar-refractivity contribution < 1.29 is 23.4 Å². The van der Waals surface area contributed by atoms with Crippen molar-refractivity contribution in [1.82, 2.24) is 19.7 Å². The minimum Gasteiger partial charge on any atom is -0.494 e. The first kappa shape index (κ1) is 25.5. The Morgan fingerprint density at radius 1 is 1.03 bits per heavy atom. The highest BCUT2D eigenvalue weighted by Crippen LogP contribution is 2.37. The van der Waals surface area contributed by atoms with Crippen LogP contribution >= 0.6 is 0 Å². The summed E-state index contributed by atoms with van der Waals surface area (Å²) in [6.45, 7) is 5.21. The molecule has 38 heavy (non-hydrogen) atoms. The second-order valence-corrected chi connectivity index (χ2v) is 9.66. The fraction of sp³-hybridized carbons (Fsp3) is 0.345. The van der Waals surface area contributed by atoms with Crippen molar-refractivity contribution in [2.24, 2.45) is 5.92 Å². The van der Waals surface area contributed by atoms with Crippen LogP contribution < -0.4 is 14.2 Å². The summed E-state index contributed by atoms with van der Waals surface area (Å²) in [6, 6.07) is 12.1. The van der Waals surface area contributed by atoms with Gasteiger partial charge in [-0.2, -0.15) is 9.49 Å². The molecule has 1 aliphatic rings. The van der Waals surface area contributed by atoms with Gasteiger partial charge in [0.25, 0.3) is 0 Å². The Balaban J connectivity index is 1.49. The predicted octanol–water partition coefficient (Wildman–Crippen LogP) is 5.87. The number of amides is 1. The van der Waals surface area contributed by atoms with E-state index in [1.165, 1.54) is 7.11 Å². The second-order valence-electron chi connectivity index (χ2n) is 9.66. The average Bonchev–Trinajstić information content (AvgIpc) is 3.34. The van der Waals surface area contributed by atoms with Gasteiger partial charge in [0.2, 0.25) is 11.7 Å². The summed E-state index contributed by atoms with van der Waals surface area (Å²) in [6.07, 6.45) is 5.28. The number of halogens is 1. The molecule has 4 aromatic rings. The molecule has 0 spiro atoms. The van der Waals surface area contributed by atoms with Crippen molar-refractivity contribution >= 4 is 16.8 Å². The van der Waals surface area contributed by atoms with Gasteiger partial charge >= 0.3 is 0 Å². The highest BCUT2D eigenvalue weighted by Gasteiger charge is 2.29. The summed E-state index contributed by atoms with van der Waals surface area (Å²) in [5, 5.41) is 5.87. The average molecular weight is 519 g/mol. The third kappa shape index (κ3) is 4.76. The number of carbonyl (C=O) groups excluding carboxylic acids is 1. The SMILES string of the molecule is COc1cccc(Oc2ccc(-c3nn(C4CCCN(C(=O)C(C)C)C4)c4c(OC)cncc34)cc2)c1F. The molecule has 0 saturated carbocycles. The van der Waals surface area contributed by atoms with Gasteiger partial charge < -0.3 is 19.1 Å². The number of likely N-dealkylation sites (tertiary alicyclic amines) is 1. The molecule has 2 aromatic heterocycles. The van der Waals surface area contributed by atoms with Crippen LogP contribution in [0.3, 0.4) is 0 Å². The first-order valence-corrected chi connectivity index (χ1v) is 12.7. The molecule has 0 aliphatic carbocycles. The van der Waals surface area contributed by atoms with Gasteiger partial charge in [0.05, 0.1) is 31.8 Å². The Labute approximate surface area is 220 Å². The number of pyridine rings is 1. The largest absolute Gasteiger partial charge is 0.494 e. The van der Waals surface area contributed by atoms with Crippen molar-refractivity contribution in [2.45, 2.75) is 32.7 Å². The molecule has 5 rings (SSSR count). The van der Waals surface area contributed by atoms with E-state index in [1.807, 2.05) is 35.6 Å². The number of hydrogen-bond donors (Lipinski definition) is 0. The minimum atomic E-state index is -0.556. The number of carbonyl (C=O) groups is 1. The standard InChI is InChI=1S/C29H31FN4O4/c1-18(2)29(35)33-14-6-7-20(17-33)34-28-22(15-31-16-25(28)37-4)27(32-34)19-10-12-21(13-11-19)38-24-9-5-8-23(36-3)26(24)30/h5,8-13,15-16,18,20H,6-7,14,17H2,1-4H3. The van der Waals surface area contributed by atoms with E-state index in [4.69, 9.17) is 19.3 Å². The van der Waals surface area contributed by atoms with Gasteiger partial charge in [0.15, 0.2) is 17.2 Å². The molecule has 1 fully saturated rings. The third-order valence-electron chi connectivity index (χ3n) is 6.85. The minimum absolute atomic E-state index is 0.0117. The Morgan fingerprint density at radius 2 is 1.76 bits per heavy atom. The molecule has 0 N–H and O–H groups in total. The van der Waals surface area contributed by atoms with E-state index in [0.29, 0.717) is 18.0 Å². The molecule has 3 heterocycles. The molecule has 9 heteroatoms. The zero-order chi connectivity index (χ0) is 26.8. The number of fused-ring (bicyclic) bond motifs is 1. The van der Waals surface area contributed by atoms with E-state index >= 15 is 0 Å². The fourth-order valence-electron chi connectivity index (χ4n) is 4.94. The van der Waals surface area contributed by atoms with E-state index in [-0.39, 0.29) is 29.4 Å². The van der Waals surface area contributed by atoms with Crippen LogP contribution in [0.25, 0.3) is 22.2 Å². The Morgan fingerprint density at radius 3 is 2.47 bits per heavy atom. The van der Waals surface area contributed by atoms with E-state index in [9.17, 15) is 9.18 Å². The molecule has 1 aliphatic heterocycles.